The van der Waals surface area contributed by atoms with Gasteiger partial charge < -0.3 is 4.98 Å². The van der Waals surface area contributed by atoms with Crippen LogP contribution in [0.1, 0.15) is 39.5 Å². The minimum atomic E-state index is -1.08. The number of hydrogen-bond acceptors (Lipinski definition) is 1. The van der Waals surface area contributed by atoms with E-state index in [0.717, 1.165) is 5.54 Å². The maximum absolute atomic E-state index is 3.80. The van der Waals surface area contributed by atoms with Crippen molar-refractivity contribution in [2.75, 3.05) is 0 Å². The van der Waals surface area contributed by atoms with Gasteiger partial charge in [0.2, 0.25) is 0 Å². The number of rotatable bonds is 3. The van der Waals surface area contributed by atoms with Crippen molar-refractivity contribution < 1.29 is 0 Å². The van der Waals surface area contributed by atoms with Gasteiger partial charge in [-0.1, -0.05) is 52.6 Å². The summed E-state index contributed by atoms with van der Waals surface area (Å²) in [7, 11) is -1.08. The first-order valence-corrected chi connectivity index (χ1v) is 8.38. The van der Waals surface area contributed by atoms with Crippen LogP contribution in [-0.2, 0) is 0 Å². The van der Waals surface area contributed by atoms with Crippen LogP contribution in [0.25, 0.3) is 0 Å². The highest BCUT2D eigenvalue weighted by molar-refractivity contribution is 6.76. The van der Waals surface area contributed by atoms with Gasteiger partial charge in [-0.2, -0.15) is 0 Å². The van der Waals surface area contributed by atoms with Gasteiger partial charge in [0.1, 0.15) is 8.24 Å². The molecule has 0 bridgehead atoms. The van der Waals surface area contributed by atoms with E-state index in [1.54, 1.807) is 0 Å². The summed E-state index contributed by atoms with van der Waals surface area (Å²) in [4.78, 5) is 3.80. The van der Waals surface area contributed by atoms with Crippen LogP contribution in [0.5, 0.6) is 0 Å². The van der Waals surface area contributed by atoms with Gasteiger partial charge in [-0.25, -0.2) is 0 Å². The van der Waals surface area contributed by atoms with Gasteiger partial charge in [-0.15, -0.1) is 0 Å². The van der Waals surface area contributed by atoms with Crippen LogP contribution in [0.3, 0.4) is 0 Å². The second-order valence-corrected chi connectivity index (χ2v) is 9.55. The second kappa shape index (κ2) is 3.92. The first-order valence-electron chi connectivity index (χ1n) is 5.30. The van der Waals surface area contributed by atoms with Crippen LogP contribution in [0.2, 0.25) is 18.6 Å². The zero-order valence-corrected chi connectivity index (χ0v) is 9.98. The average Bonchev–Trinajstić information content (AvgIpc) is 2.32. The van der Waals surface area contributed by atoms with Crippen LogP contribution < -0.4 is 4.98 Å². The zero-order chi connectivity index (χ0) is 9.19. The maximum Gasteiger partial charge on any atom is 0.122 e. The van der Waals surface area contributed by atoms with Crippen molar-refractivity contribution in [3.05, 3.63) is 0 Å². The van der Waals surface area contributed by atoms with E-state index in [1.807, 2.05) is 0 Å². The van der Waals surface area contributed by atoms with E-state index in [-0.39, 0.29) is 0 Å². The van der Waals surface area contributed by atoms with Crippen molar-refractivity contribution in [2.45, 2.75) is 64.2 Å². The molecule has 72 valence electrons. The second-order valence-electron chi connectivity index (χ2n) is 5.00. The molecular formula is C10H23NSi. The standard InChI is InChI=1S/C10H23NSi/c1-9(2)11-12(3,4)10-7-5-6-8-10/h9-11H,5-8H2,1-4H3. The molecule has 2 heteroatoms. The summed E-state index contributed by atoms with van der Waals surface area (Å²) < 4.78 is 0. The average molecular weight is 185 g/mol. The summed E-state index contributed by atoms with van der Waals surface area (Å²) in [5.74, 6) is 0. The van der Waals surface area contributed by atoms with E-state index in [2.05, 4.69) is 31.9 Å². The van der Waals surface area contributed by atoms with Crippen molar-refractivity contribution in [3.63, 3.8) is 0 Å². The predicted octanol–water partition coefficient (Wildman–Crippen LogP) is 3.13. The molecule has 0 aliphatic heterocycles. The zero-order valence-electron chi connectivity index (χ0n) is 8.98. The lowest BCUT2D eigenvalue weighted by atomic mass is 10.4. The molecule has 1 nitrogen and oxygen atoms in total. The van der Waals surface area contributed by atoms with Gasteiger partial charge >= 0.3 is 0 Å². The Morgan fingerprint density at radius 3 is 2.08 bits per heavy atom. The molecule has 0 atom stereocenters. The Morgan fingerprint density at radius 2 is 1.67 bits per heavy atom. The van der Waals surface area contributed by atoms with Crippen molar-refractivity contribution in [2.24, 2.45) is 0 Å². The van der Waals surface area contributed by atoms with Crippen molar-refractivity contribution in [1.29, 1.82) is 0 Å². The third-order valence-electron chi connectivity index (χ3n) is 3.04. The lowest BCUT2D eigenvalue weighted by Gasteiger charge is -2.32. The molecule has 1 rings (SSSR count). The summed E-state index contributed by atoms with van der Waals surface area (Å²) in [6.07, 6.45) is 5.92. The quantitative estimate of drug-likeness (QED) is 0.666. The summed E-state index contributed by atoms with van der Waals surface area (Å²) in [5.41, 5.74) is 1.04. The molecule has 0 radical (unpaired) electrons. The first kappa shape index (κ1) is 10.3. The largest absolute Gasteiger partial charge is 0.335 e. The monoisotopic (exact) mass is 185 g/mol. The minimum absolute atomic E-state index is 0.673. The van der Waals surface area contributed by atoms with Crippen LogP contribution in [0.4, 0.5) is 0 Å². The molecule has 1 saturated carbocycles. The maximum atomic E-state index is 3.80. The van der Waals surface area contributed by atoms with Gasteiger partial charge in [0.05, 0.1) is 0 Å². The van der Waals surface area contributed by atoms with Crippen LogP contribution in [0, 0.1) is 0 Å². The minimum Gasteiger partial charge on any atom is -0.335 e. The molecule has 0 amide bonds. The van der Waals surface area contributed by atoms with Gasteiger partial charge in [0.15, 0.2) is 0 Å². The third-order valence-corrected chi connectivity index (χ3v) is 6.98. The smallest absolute Gasteiger partial charge is 0.122 e. The molecule has 1 N–H and O–H groups in total. The molecule has 1 aliphatic rings. The summed E-state index contributed by atoms with van der Waals surface area (Å²) in [6, 6.07) is 0.673. The van der Waals surface area contributed by atoms with Crippen molar-refractivity contribution in [3.8, 4) is 0 Å². The highest BCUT2D eigenvalue weighted by Crippen LogP contribution is 2.37. The highest BCUT2D eigenvalue weighted by atomic mass is 28.3. The molecule has 12 heavy (non-hydrogen) atoms. The van der Waals surface area contributed by atoms with E-state index < -0.39 is 8.24 Å². The molecule has 1 fully saturated rings. The third kappa shape index (κ3) is 2.59. The molecule has 0 spiro atoms. The highest BCUT2D eigenvalue weighted by Gasteiger charge is 2.33. The molecule has 1 aliphatic carbocycles. The number of nitrogens with one attached hydrogen (secondary N) is 1. The van der Waals surface area contributed by atoms with E-state index >= 15 is 0 Å². The van der Waals surface area contributed by atoms with E-state index in [4.69, 9.17) is 0 Å². The molecule has 0 saturated heterocycles. The summed E-state index contributed by atoms with van der Waals surface area (Å²) >= 11 is 0. The topological polar surface area (TPSA) is 12.0 Å². The van der Waals surface area contributed by atoms with Gasteiger partial charge in [0, 0.05) is 0 Å². The fourth-order valence-corrected chi connectivity index (χ4v) is 6.08. The molecule has 0 aromatic carbocycles. The number of hydrogen-bond donors (Lipinski definition) is 1. The Kier molecular flexibility index (Phi) is 3.35. The van der Waals surface area contributed by atoms with Crippen molar-refractivity contribution >= 4 is 8.24 Å². The Labute approximate surface area is 78.0 Å². The Hall–Kier alpha value is 0.177. The molecule has 0 unspecified atom stereocenters. The Morgan fingerprint density at radius 1 is 1.17 bits per heavy atom. The molecule has 0 heterocycles. The Balaban J connectivity index is 2.45. The van der Waals surface area contributed by atoms with Gasteiger partial charge in [0.25, 0.3) is 0 Å². The van der Waals surface area contributed by atoms with E-state index in [0.29, 0.717) is 6.04 Å². The lowest BCUT2D eigenvalue weighted by Crippen LogP contribution is -2.51. The van der Waals surface area contributed by atoms with Crippen molar-refractivity contribution in [1.82, 2.24) is 4.98 Å². The van der Waals surface area contributed by atoms with Gasteiger partial charge in [-0.05, 0) is 11.6 Å². The SMILES string of the molecule is CC(C)N[Si](C)(C)C1CCCC1. The predicted molar refractivity (Wildman–Crippen MR) is 58.0 cm³/mol. The lowest BCUT2D eigenvalue weighted by molar-refractivity contribution is 0.695. The van der Waals surface area contributed by atoms with Crippen LogP contribution in [-0.4, -0.2) is 14.3 Å². The fourth-order valence-electron chi connectivity index (χ4n) is 2.51. The summed E-state index contributed by atoms with van der Waals surface area (Å²) in [5, 5.41) is 0. The van der Waals surface area contributed by atoms with Gasteiger partial charge in [-0.3, -0.25) is 0 Å². The molecular weight excluding hydrogens is 162 g/mol. The molecule has 0 aromatic rings. The summed E-state index contributed by atoms with van der Waals surface area (Å²) in [6.45, 7) is 9.51. The first-order chi connectivity index (χ1) is 5.52. The normalized spacial score (nSPS) is 20.8. The fraction of sp³-hybridized carbons (Fsp3) is 1.00. The van der Waals surface area contributed by atoms with E-state index in [1.165, 1.54) is 25.7 Å². The van der Waals surface area contributed by atoms with Crippen LogP contribution >= 0.6 is 0 Å². The Bertz CT molecular complexity index is 137. The molecule has 0 aromatic heterocycles. The van der Waals surface area contributed by atoms with Crippen LogP contribution in [0.15, 0.2) is 0 Å². The van der Waals surface area contributed by atoms with E-state index in [9.17, 15) is 0 Å².